The van der Waals surface area contributed by atoms with E-state index >= 15 is 0 Å². The minimum Gasteiger partial charge on any atom is -0.468 e. The largest absolute Gasteiger partial charge is 0.468 e. The molecule has 0 amide bonds. The molecule has 0 N–H and O–H groups in total. The van der Waals surface area contributed by atoms with E-state index in [4.69, 9.17) is 4.74 Å². The van der Waals surface area contributed by atoms with E-state index in [0.717, 1.165) is 6.42 Å². The molecule has 4 nitrogen and oxygen atoms in total. The van der Waals surface area contributed by atoms with Crippen molar-refractivity contribution in [3.8, 4) is 0 Å². The van der Waals surface area contributed by atoms with Gasteiger partial charge in [-0.25, -0.2) is 0 Å². The molecule has 2 aliphatic rings. The van der Waals surface area contributed by atoms with Crippen molar-refractivity contribution in [3.05, 3.63) is 0 Å². The zero-order valence-electron chi connectivity index (χ0n) is 9.45. The highest BCUT2D eigenvalue weighted by Gasteiger charge is 2.56. The molecule has 16 heavy (non-hydrogen) atoms. The Morgan fingerprint density at radius 2 is 2.12 bits per heavy atom. The molecule has 0 saturated heterocycles. The van der Waals surface area contributed by atoms with E-state index < -0.39 is 11.4 Å². The lowest BCUT2D eigenvalue weighted by atomic mass is 9.72. The highest BCUT2D eigenvalue weighted by molar-refractivity contribution is 6.06. The van der Waals surface area contributed by atoms with Crippen molar-refractivity contribution in [2.24, 2.45) is 11.3 Å². The van der Waals surface area contributed by atoms with Gasteiger partial charge in [-0.3, -0.25) is 14.4 Å². The molecule has 0 aromatic heterocycles. The quantitative estimate of drug-likeness (QED) is 0.523. The van der Waals surface area contributed by atoms with E-state index in [1.54, 1.807) is 0 Å². The van der Waals surface area contributed by atoms with Crippen molar-refractivity contribution in [2.45, 2.75) is 38.5 Å². The van der Waals surface area contributed by atoms with Crippen LogP contribution in [0.4, 0.5) is 0 Å². The summed E-state index contributed by atoms with van der Waals surface area (Å²) in [7, 11) is 1.31. The number of Topliss-reactive ketones (excluding diaryl/α,β-unsaturated/α-hetero) is 2. The molecule has 2 atom stereocenters. The van der Waals surface area contributed by atoms with Crippen LogP contribution in [0.3, 0.4) is 0 Å². The molecular weight excluding hydrogens is 208 g/mol. The normalized spacial score (nSPS) is 34.4. The number of hydrogen-bond donors (Lipinski definition) is 0. The second-order valence-electron chi connectivity index (χ2n) is 4.72. The SMILES string of the molecule is COC(=O)C1(C2CCC(=O)C2)CCCC1=O. The Bertz CT molecular complexity index is 347. The average molecular weight is 224 g/mol. The van der Waals surface area contributed by atoms with Gasteiger partial charge in [0.15, 0.2) is 0 Å². The highest BCUT2D eigenvalue weighted by Crippen LogP contribution is 2.48. The van der Waals surface area contributed by atoms with Gasteiger partial charge in [-0.05, 0) is 25.2 Å². The van der Waals surface area contributed by atoms with Crippen LogP contribution in [0, 0.1) is 11.3 Å². The smallest absolute Gasteiger partial charge is 0.319 e. The van der Waals surface area contributed by atoms with Crippen LogP contribution in [-0.2, 0) is 19.1 Å². The lowest BCUT2D eigenvalue weighted by Crippen LogP contribution is -2.42. The van der Waals surface area contributed by atoms with Gasteiger partial charge in [0.05, 0.1) is 7.11 Å². The molecule has 0 aliphatic heterocycles. The summed E-state index contributed by atoms with van der Waals surface area (Å²) in [6.45, 7) is 0. The Morgan fingerprint density at radius 3 is 2.56 bits per heavy atom. The van der Waals surface area contributed by atoms with E-state index in [9.17, 15) is 14.4 Å². The summed E-state index contributed by atoms with van der Waals surface area (Å²) in [5, 5.41) is 0. The number of carbonyl (C=O) groups is 3. The van der Waals surface area contributed by atoms with Crippen LogP contribution >= 0.6 is 0 Å². The second-order valence-corrected chi connectivity index (χ2v) is 4.72. The maximum atomic E-state index is 12.0. The summed E-state index contributed by atoms with van der Waals surface area (Å²) >= 11 is 0. The number of hydrogen-bond acceptors (Lipinski definition) is 4. The summed E-state index contributed by atoms with van der Waals surface area (Å²) < 4.78 is 4.78. The lowest BCUT2D eigenvalue weighted by Gasteiger charge is -2.30. The molecule has 2 rings (SSSR count). The molecule has 0 spiro atoms. The monoisotopic (exact) mass is 224 g/mol. The van der Waals surface area contributed by atoms with Crippen molar-refractivity contribution in [1.29, 1.82) is 0 Å². The topological polar surface area (TPSA) is 60.4 Å². The minimum absolute atomic E-state index is 0.0287. The molecule has 0 aromatic carbocycles. The summed E-state index contributed by atoms with van der Waals surface area (Å²) in [5.74, 6) is -0.427. The first-order valence-electron chi connectivity index (χ1n) is 5.74. The summed E-state index contributed by atoms with van der Waals surface area (Å²) in [5.41, 5.74) is -0.999. The number of rotatable bonds is 2. The molecule has 4 heteroatoms. The molecule has 0 bridgehead atoms. The standard InChI is InChI=1S/C12H16O4/c1-16-11(15)12(6-2-3-10(12)14)8-4-5-9(13)7-8/h8H,2-7H2,1H3. The molecule has 2 aliphatic carbocycles. The van der Waals surface area contributed by atoms with E-state index in [1.807, 2.05) is 0 Å². The van der Waals surface area contributed by atoms with Crippen molar-refractivity contribution < 1.29 is 19.1 Å². The van der Waals surface area contributed by atoms with Crippen LogP contribution in [0.1, 0.15) is 38.5 Å². The van der Waals surface area contributed by atoms with Gasteiger partial charge in [0.1, 0.15) is 17.0 Å². The van der Waals surface area contributed by atoms with Crippen LogP contribution in [0.15, 0.2) is 0 Å². The van der Waals surface area contributed by atoms with E-state index in [0.29, 0.717) is 32.1 Å². The van der Waals surface area contributed by atoms with Gasteiger partial charge in [0.25, 0.3) is 0 Å². The van der Waals surface area contributed by atoms with Gasteiger partial charge in [-0.1, -0.05) is 0 Å². The fourth-order valence-electron chi connectivity index (χ4n) is 3.12. The first-order valence-corrected chi connectivity index (χ1v) is 5.74. The Balaban J connectivity index is 2.31. The highest BCUT2D eigenvalue weighted by atomic mass is 16.5. The predicted molar refractivity (Wildman–Crippen MR) is 55.7 cm³/mol. The van der Waals surface area contributed by atoms with Crippen LogP contribution in [0.5, 0.6) is 0 Å². The van der Waals surface area contributed by atoms with Crippen molar-refractivity contribution >= 4 is 17.5 Å². The number of methoxy groups -OCH3 is 1. The predicted octanol–water partition coefficient (Wildman–Crippen LogP) is 1.27. The summed E-state index contributed by atoms with van der Waals surface area (Å²) in [6, 6.07) is 0. The average Bonchev–Trinajstić information content (AvgIpc) is 2.84. The van der Waals surface area contributed by atoms with E-state index in [-0.39, 0.29) is 17.5 Å². The van der Waals surface area contributed by atoms with Crippen molar-refractivity contribution in [3.63, 3.8) is 0 Å². The maximum absolute atomic E-state index is 12.0. The first kappa shape index (κ1) is 11.3. The van der Waals surface area contributed by atoms with Gasteiger partial charge < -0.3 is 4.74 Å². The third-order valence-corrected chi connectivity index (χ3v) is 3.96. The molecule has 0 radical (unpaired) electrons. The Morgan fingerprint density at radius 1 is 1.38 bits per heavy atom. The Kier molecular flexibility index (Phi) is 2.82. The van der Waals surface area contributed by atoms with Gasteiger partial charge in [-0.15, -0.1) is 0 Å². The van der Waals surface area contributed by atoms with E-state index in [1.165, 1.54) is 7.11 Å². The van der Waals surface area contributed by atoms with Crippen LogP contribution in [-0.4, -0.2) is 24.6 Å². The fraction of sp³-hybridized carbons (Fsp3) is 0.750. The molecule has 0 heterocycles. The number of ketones is 2. The second kappa shape index (κ2) is 4.00. The number of carbonyl (C=O) groups excluding carboxylic acids is 3. The molecule has 2 fully saturated rings. The van der Waals surface area contributed by atoms with Gasteiger partial charge in [0, 0.05) is 19.3 Å². The van der Waals surface area contributed by atoms with Crippen LogP contribution < -0.4 is 0 Å². The number of ether oxygens (including phenoxy) is 1. The molecule has 88 valence electrons. The van der Waals surface area contributed by atoms with Crippen molar-refractivity contribution in [1.82, 2.24) is 0 Å². The molecule has 2 unspecified atom stereocenters. The third-order valence-electron chi connectivity index (χ3n) is 3.96. The lowest BCUT2D eigenvalue weighted by molar-refractivity contribution is -0.160. The fourth-order valence-corrected chi connectivity index (χ4v) is 3.12. The van der Waals surface area contributed by atoms with Gasteiger partial charge in [0.2, 0.25) is 0 Å². The molecule has 0 aromatic rings. The Hall–Kier alpha value is -1.19. The zero-order chi connectivity index (χ0) is 11.8. The Labute approximate surface area is 94.3 Å². The van der Waals surface area contributed by atoms with Crippen LogP contribution in [0.2, 0.25) is 0 Å². The summed E-state index contributed by atoms with van der Waals surface area (Å²) in [6.07, 6.45) is 3.24. The minimum atomic E-state index is -0.999. The van der Waals surface area contributed by atoms with E-state index in [2.05, 4.69) is 0 Å². The molecular formula is C12H16O4. The number of esters is 1. The van der Waals surface area contributed by atoms with Gasteiger partial charge >= 0.3 is 5.97 Å². The van der Waals surface area contributed by atoms with Crippen LogP contribution in [0.25, 0.3) is 0 Å². The summed E-state index contributed by atoms with van der Waals surface area (Å²) in [4.78, 5) is 35.2. The first-order chi connectivity index (χ1) is 7.61. The molecule has 2 saturated carbocycles. The third kappa shape index (κ3) is 1.47. The zero-order valence-corrected chi connectivity index (χ0v) is 9.45. The van der Waals surface area contributed by atoms with Crippen molar-refractivity contribution in [2.75, 3.05) is 7.11 Å². The maximum Gasteiger partial charge on any atom is 0.319 e. The van der Waals surface area contributed by atoms with Gasteiger partial charge in [-0.2, -0.15) is 0 Å².